The lowest BCUT2D eigenvalue weighted by molar-refractivity contribution is -0.122. The molecule has 1 fully saturated rings. The van der Waals surface area contributed by atoms with Gasteiger partial charge in [-0.05, 0) is 42.4 Å². The van der Waals surface area contributed by atoms with Crippen LogP contribution in [-0.2, 0) is 11.2 Å². The first-order chi connectivity index (χ1) is 13.5. The molecule has 1 aromatic heterocycles. The third-order valence-electron chi connectivity index (χ3n) is 5.63. The average Bonchev–Trinajstić information content (AvgIpc) is 3.34. The quantitative estimate of drug-likeness (QED) is 0.600. The molecule has 2 aromatic rings. The van der Waals surface area contributed by atoms with Crippen molar-refractivity contribution in [3.05, 3.63) is 40.9 Å². The van der Waals surface area contributed by atoms with E-state index in [0.29, 0.717) is 36.7 Å². The lowest BCUT2D eigenvalue weighted by atomic mass is 9.92. The summed E-state index contributed by atoms with van der Waals surface area (Å²) in [5, 5.41) is 13.2. The number of hydrogen-bond donors (Lipinski definition) is 1. The van der Waals surface area contributed by atoms with Crippen molar-refractivity contribution in [3.63, 3.8) is 0 Å². The topological polar surface area (TPSA) is 65.8 Å². The van der Waals surface area contributed by atoms with Crippen LogP contribution in [0.4, 0.5) is 0 Å². The second-order valence-electron chi connectivity index (χ2n) is 8.13. The number of nitrogens with zero attached hydrogens (tertiary/aromatic N) is 2. The smallest absolute Gasteiger partial charge is 0.220 e. The molecule has 1 aliphatic carbocycles. The molecule has 0 spiro atoms. The van der Waals surface area contributed by atoms with E-state index < -0.39 is 0 Å². The predicted octanol–water partition coefficient (Wildman–Crippen LogP) is 5.50. The molecule has 1 N–H and O–H groups in total. The highest BCUT2D eigenvalue weighted by Gasteiger charge is 2.26. The van der Waals surface area contributed by atoms with Gasteiger partial charge in [0.2, 0.25) is 5.91 Å². The van der Waals surface area contributed by atoms with Gasteiger partial charge in [-0.25, -0.2) is 4.98 Å². The zero-order valence-corrected chi connectivity index (χ0v) is 17.6. The molecule has 28 heavy (non-hydrogen) atoms. The Morgan fingerprint density at radius 1 is 1.39 bits per heavy atom. The molecular formula is C23H29N3OS. The van der Waals surface area contributed by atoms with Gasteiger partial charge in [0.05, 0.1) is 21.3 Å². The highest BCUT2D eigenvalue weighted by molar-refractivity contribution is 7.18. The zero-order valence-electron chi connectivity index (χ0n) is 16.8. The van der Waals surface area contributed by atoms with Crippen molar-refractivity contribution < 1.29 is 4.79 Å². The number of thiazole rings is 1. The maximum absolute atomic E-state index is 12.6. The van der Waals surface area contributed by atoms with Crippen LogP contribution in [0.25, 0.3) is 10.2 Å². The van der Waals surface area contributed by atoms with Gasteiger partial charge < -0.3 is 5.32 Å². The van der Waals surface area contributed by atoms with Crippen molar-refractivity contribution in [3.8, 4) is 6.07 Å². The van der Waals surface area contributed by atoms with Crippen LogP contribution >= 0.6 is 11.3 Å². The van der Waals surface area contributed by atoms with Crippen molar-refractivity contribution in [2.24, 2.45) is 5.92 Å². The Labute approximate surface area is 171 Å². The number of aryl methyl sites for hydroxylation is 1. The normalized spacial score (nSPS) is 15.6. The third-order valence-corrected chi connectivity index (χ3v) is 6.71. The number of aromatic nitrogens is 1. The van der Waals surface area contributed by atoms with Crippen LogP contribution in [0.15, 0.2) is 30.4 Å². The van der Waals surface area contributed by atoms with E-state index in [-0.39, 0.29) is 11.9 Å². The van der Waals surface area contributed by atoms with Crippen LogP contribution < -0.4 is 5.32 Å². The van der Waals surface area contributed by atoms with Gasteiger partial charge in [0.1, 0.15) is 0 Å². The molecule has 1 heterocycles. The lowest BCUT2D eigenvalue weighted by Gasteiger charge is -2.24. The fourth-order valence-corrected chi connectivity index (χ4v) is 4.98. The van der Waals surface area contributed by atoms with Gasteiger partial charge in [-0.2, -0.15) is 5.26 Å². The Morgan fingerprint density at radius 2 is 2.14 bits per heavy atom. The van der Waals surface area contributed by atoms with E-state index in [4.69, 9.17) is 5.26 Å². The number of carbonyl (C=O) groups excluding carboxylic acids is 1. The van der Waals surface area contributed by atoms with Crippen LogP contribution in [0.1, 0.15) is 68.9 Å². The molecule has 0 saturated heterocycles. The summed E-state index contributed by atoms with van der Waals surface area (Å²) in [6.07, 6.45) is 6.31. The molecule has 1 saturated carbocycles. The second-order valence-corrected chi connectivity index (χ2v) is 9.24. The SMILES string of the molecule is C=C(C#N)CC(NC(=O)CCc1nc2ccc(C(C)C)cc2s1)C1CCCC1. The van der Waals surface area contributed by atoms with E-state index in [1.807, 2.05) is 0 Å². The average molecular weight is 396 g/mol. The van der Waals surface area contributed by atoms with Crippen LogP contribution in [0.5, 0.6) is 0 Å². The molecule has 3 rings (SSSR count). The van der Waals surface area contributed by atoms with Gasteiger partial charge in [-0.15, -0.1) is 11.3 Å². The number of nitriles is 1. The molecule has 148 valence electrons. The second kappa shape index (κ2) is 9.34. The Morgan fingerprint density at radius 3 is 2.82 bits per heavy atom. The monoisotopic (exact) mass is 395 g/mol. The summed E-state index contributed by atoms with van der Waals surface area (Å²) >= 11 is 1.68. The number of amides is 1. The minimum absolute atomic E-state index is 0.0334. The molecule has 0 bridgehead atoms. The summed E-state index contributed by atoms with van der Waals surface area (Å²) in [7, 11) is 0. The van der Waals surface area contributed by atoms with E-state index in [9.17, 15) is 4.79 Å². The van der Waals surface area contributed by atoms with Gasteiger partial charge >= 0.3 is 0 Å². The van der Waals surface area contributed by atoms with Gasteiger partial charge in [-0.1, -0.05) is 39.3 Å². The molecule has 1 unspecified atom stereocenters. The summed E-state index contributed by atoms with van der Waals surface area (Å²) in [4.78, 5) is 17.2. The molecule has 1 aliphatic rings. The maximum atomic E-state index is 12.6. The number of carbonyl (C=O) groups is 1. The van der Waals surface area contributed by atoms with Crippen LogP contribution in [-0.4, -0.2) is 16.9 Å². The van der Waals surface area contributed by atoms with Gasteiger partial charge in [-0.3, -0.25) is 4.79 Å². The molecular weight excluding hydrogens is 366 g/mol. The number of fused-ring (bicyclic) bond motifs is 1. The lowest BCUT2D eigenvalue weighted by Crippen LogP contribution is -2.39. The van der Waals surface area contributed by atoms with Gasteiger partial charge in [0.15, 0.2) is 0 Å². The standard InChI is InChI=1S/C23H29N3OS/c1-15(2)18-8-9-19-21(13-18)28-23(26-19)11-10-22(27)25-20(12-16(3)14-24)17-6-4-5-7-17/h8-9,13,15,17,20H,3-7,10-12H2,1-2H3,(H,25,27). The van der Waals surface area contributed by atoms with Crippen molar-refractivity contribution in [2.45, 2.75) is 70.8 Å². The summed E-state index contributed by atoms with van der Waals surface area (Å²) < 4.78 is 1.19. The third kappa shape index (κ3) is 5.20. The van der Waals surface area contributed by atoms with Gasteiger partial charge in [0, 0.05) is 30.9 Å². The van der Waals surface area contributed by atoms with Crippen LogP contribution in [0.3, 0.4) is 0 Å². The first-order valence-electron chi connectivity index (χ1n) is 10.2. The van der Waals surface area contributed by atoms with Gasteiger partial charge in [0.25, 0.3) is 0 Å². The predicted molar refractivity (Wildman–Crippen MR) is 115 cm³/mol. The Bertz CT molecular complexity index is 887. The van der Waals surface area contributed by atoms with E-state index in [1.54, 1.807) is 11.3 Å². The van der Waals surface area contributed by atoms with E-state index in [2.05, 4.69) is 55.0 Å². The minimum atomic E-state index is 0.0334. The van der Waals surface area contributed by atoms with Crippen LogP contribution in [0.2, 0.25) is 0 Å². The van der Waals surface area contributed by atoms with Crippen molar-refractivity contribution in [1.29, 1.82) is 5.26 Å². The Hall–Kier alpha value is -2.19. The highest BCUT2D eigenvalue weighted by Crippen LogP contribution is 2.30. The summed E-state index contributed by atoms with van der Waals surface area (Å²) in [5.74, 6) is 1.01. The molecule has 4 nitrogen and oxygen atoms in total. The molecule has 1 amide bonds. The molecule has 5 heteroatoms. The Kier molecular flexibility index (Phi) is 6.85. The highest BCUT2D eigenvalue weighted by atomic mass is 32.1. The fraction of sp³-hybridized carbons (Fsp3) is 0.522. The number of hydrogen-bond acceptors (Lipinski definition) is 4. The van der Waals surface area contributed by atoms with Crippen molar-refractivity contribution in [1.82, 2.24) is 10.3 Å². The summed E-state index contributed by atoms with van der Waals surface area (Å²) in [5.41, 5.74) is 2.88. The number of benzene rings is 1. The molecule has 1 aromatic carbocycles. The summed E-state index contributed by atoms with van der Waals surface area (Å²) in [6, 6.07) is 8.58. The van der Waals surface area contributed by atoms with E-state index in [1.165, 1.54) is 23.1 Å². The largest absolute Gasteiger partial charge is 0.353 e. The fourth-order valence-electron chi connectivity index (χ4n) is 3.96. The Balaban J connectivity index is 1.59. The number of rotatable bonds is 8. The summed E-state index contributed by atoms with van der Waals surface area (Å²) in [6.45, 7) is 8.19. The van der Waals surface area contributed by atoms with Crippen molar-refractivity contribution in [2.75, 3.05) is 0 Å². The molecule has 0 radical (unpaired) electrons. The zero-order chi connectivity index (χ0) is 20.1. The van der Waals surface area contributed by atoms with E-state index >= 15 is 0 Å². The first-order valence-corrected chi connectivity index (χ1v) is 11.0. The first kappa shape index (κ1) is 20.5. The van der Waals surface area contributed by atoms with Crippen molar-refractivity contribution >= 4 is 27.5 Å². The maximum Gasteiger partial charge on any atom is 0.220 e. The minimum Gasteiger partial charge on any atom is -0.353 e. The molecule has 0 aliphatic heterocycles. The molecule has 1 atom stereocenters. The van der Waals surface area contributed by atoms with E-state index in [0.717, 1.165) is 23.4 Å². The number of nitrogens with one attached hydrogen (secondary N) is 1. The van der Waals surface area contributed by atoms with Crippen LogP contribution in [0, 0.1) is 17.2 Å².